The van der Waals surface area contributed by atoms with Crippen molar-refractivity contribution in [2.45, 2.75) is 6.04 Å². The number of nitrogens with one attached hydrogen (secondary N) is 2. The van der Waals surface area contributed by atoms with E-state index in [2.05, 4.69) is 5.32 Å². The molecular weight excluding hydrogens is 128 g/mol. The first-order chi connectivity index (χ1) is 4.88. The lowest BCUT2D eigenvalue weighted by Crippen LogP contribution is -3.07. The van der Waals surface area contributed by atoms with E-state index in [1.54, 1.807) is 6.20 Å². The molecule has 2 rings (SSSR count). The van der Waals surface area contributed by atoms with E-state index < -0.39 is 0 Å². The van der Waals surface area contributed by atoms with E-state index in [1.165, 1.54) is 5.57 Å². The Bertz CT molecular complexity index is 198. The van der Waals surface area contributed by atoms with Crippen molar-refractivity contribution in [3.8, 4) is 0 Å². The van der Waals surface area contributed by atoms with Gasteiger partial charge in [-0.3, -0.25) is 0 Å². The zero-order valence-corrected chi connectivity index (χ0v) is 5.63. The maximum absolute atomic E-state index is 11.1. The van der Waals surface area contributed by atoms with Crippen LogP contribution in [0.4, 0.5) is 0 Å². The van der Waals surface area contributed by atoms with Crippen LogP contribution in [0.5, 0.6) is 0 Å². The molecule has 1 saturated heterocycles. The van der Waals surface area contributed by atoms with Gasteiger partial charge < -0.3 is 15.6 Å². The minimum Gasteiger partial charge on any atom is -0.629 e. The third-order valence-electron chi connectivity index (χ3n) is 2.04. The van der Waals surface area contributed by atoms with Gasteiger partial charge in [-0.2, -0.15) is 0 Å². The zero-order chi connectivity index (χ0) is 6.97. The molecule has 54 valence electrons. The molecule has 0 aromatic rings. The molecule has 2 heterocycles. The Morgan fingerprint density at radius 2 is 2.60 bits per heavy atom. The molecule has 0 amide bonds. The number of hydrogen-bond acceptors (Lipinski definition) is 2. The predicted octanol–water partition coefficient (Wildman–Crippen LogP) is -1.21. The summed E-state index contributed by atoms with van der Waals surface area (Å²) in [5.74, 6) is 0. The Morgan fingerprint density at radius 1 is 1.70 bits per heavy atom. The van der Waals surface area contributed by atoms with Crippen molar-refractivity contribution in [3.63, 3.8) is 0 Å². The van der Waals surface area contributed by atoms with Crippen molar-refractivity contribution >= 4 is 0 Å². The van der Waals surface area contributed by atoms with Gasteiger partial charge >= 0.3 is 0 Å². The Morgan fingerprint density at radius 3 is 3.40 bits per heavy atom. The average molecular weight is 138 g/mol. The Hall–Kier alpha value is -0.640. The Labute approximate surface area is 59.6 Å². The summed E-state index contributed by atoms with van der Waals surface area (Å²) in [5, 5.41) is 14.5. The molecule has 0 saturated carbocycles. The quantitative estimate of drug-likeness (QED) is 0.412. The van der Waals surface area contributed by atoms with Gasteiger partial charge in [0.2, 0.25) is 0 Å². The second-order valence-electron chi connectivity index (χ2n) is 2.69. The number of hydroxylamine groups is 2. The summed E-state index contributed by atoms with van der Waals surface area (Å²) in [7, 11) is 0. The Balaban J connectivity index is 2.25. The fraction of sp³-hybridized carbons (Fsp3) is 0.429. The minimum absolute atomic E-state index is 0.157. The lowest BCUT2D eigenvalue weighted by Gasteiger charge is -2.26. The van der Waals surface area contributed by atoms with Gasteiger partial charge in [0, 0.05) is 12.1 Å². The molecule has 2 unspecified atom stereocenters. The van der Waals surface area contributed by atoms with Crippen molar-refractivity contribution in [1.29, 1.82) is 0 Å². The summed E-state index contributed by atoms with van der Waals surface area (Å²) in [5.41, 5.74) is 1.24. The second-order valence-corrected chi connectivity index (χ2v) is 2.69. The molecule has 2 N–H and O–H groups in total. The van der Waals surface area contributed by atoms with Crippen molar-refractivity contribution in [2.24, 2.45) is 0 Å². The summed E-state index contributed by atoms with van der Waals surface area (Å²) >= 11 is 0. The molecule has 3 heteroatoms. The van der Waals surface area contributed by atoms with Crippen LogP contribution in [0.2, 0.25) is 0 Å². The van der Waals surface area contributed by atoms with Crippen molar-refractivity contribution in [1.82, 2.24) is 5.32 Å². The first-order valence-electron chi connectivity index (χ1n) is 3.49. The molecule has 0 radical (unpaired) electrons. The van der Waals surface area contributed by atoms with E-state index in [0.717, 1.165) is 13.1 Å². The van der Waals surface area contributed by atoms with Gasteiger partial charge in [0.15, 0.2) is 0 Å². The van der Waals surface area contributed by atoms with Crippen LogP contribution in [0, 0.1) is 5.21 Å². The highest BCUT2D eigenvalue weighted by atomic mass is 16.5. The van der Waals surface area contributed by atoms with Crippen LogP contribution < -0.4 is 10.4 Å². The first kappa shape index (κ1) is 6.09. The smallest absolute Gasteiger partial charge is 0.127 e. The van der Waals surface area contributed by atoms with E-state index in [1.807, 2.05) is 12.2 Å². The standard InChI is InChI=1S/C7H10N2O/c10-9-3-1-2-6-4-8-5-7(6)9/h1-3,7-9H,4-5H2. The Kier molecular flexibility index (Phi) is 1.34. The summed E-state index contributed by atoms with van der Waals surface area (Å²) in [4.78, 5) is 0. The van der Waals surface area contributed by atoms with Gasteiger partial charge in [-0.15, -0.1) is 0 Å². The van der Waals surface area contributed by atoms with Crippen LogP contribution in [0.15, 0.2) is 23.9 Å². The maximum atomic E-state index is 11.1. The highest BCUT2D eigenvalue weighted by Crippen LogP contribution is 2.06. The van der Waals surface area contributed by atoms with E-state index >= 15 is 0 Å². The monoisotopic (exact) mass is 138 g/mol. The third kappa shape index (κ3) is 0.794. The van der Waals surface area contributed by atoms with Crippen LogP contribution in [-0.2, 0) is 0 Å². The minimum atomic E-state index is 0.157. The van der Waals surface area contributed by atoms with Crippen LogP contribution in [0.1, 0.15) is 0 Å². The fourth-order valence-corrected chi connectivity index (χ4v) is 1.46. The summed E-state index contributed by atoms with van der Waals surface area (Å²) in [6.45, 7) is 1.72. The van der Waals surface area contributed by atoms with Crippen LogP contribution in [0.25, 0.3) is 0 Å². The van der Waals surface area contributed by atoms with Gasteiger partial charge in [-0.05, 0) is 6.08 Å². The third-order valence-corrected chi connectivity index (χ3v) is 2.04. The highest BCUT2D eigenvalue weighted by molar-refractivity contribution is 5.23. The number of fused-ring (bicyclic) bond motifs is 1. The first-order valence-corrected chi connectivity index (χ1v) is 3.49. The average Bonchev–Trinajstić information content (AvgIpc) is 2.36. The van der Waals surface area contributed by atoms with Crippen LogP contribution >= 0.6 is 0 Å². The van der Waals surface area contributed by atoms with Gasteiger partial charge in [-0.1, -0.05) is 6.08 Å². The lowest BCUT2D eigenvalue weighted by atomic mass is 10.1. The molecule has 2 aliphatic heterocycles. The number of allylic oxidation sites excluding steroid dienone is 2. The zero-order valence-electron chi connectivity index (χ0n) is 5.63. The molecule has 0 aromatic carbocycles. The molecule has 10 heavy (non-hydrogen) atoms. The van der Waals surface area contributed by atoms with Gasteiger partial charge in [0.25, 0.3) is 0 Å². The normalized spacial score (nSPS) is 37.5. The summed E-state index contributed by atoms with van der Waals surface area (Å²) in [6, 6.07) is 0.157. The molecule has 0 aliphatic carbocycles. The molecule has 3 nitrogen and oxygen atoms in total. The largest absolute Gasteiger partial charge is 0.629 e. The van der Waals surface area contributed by atoms with Crippen molar-refractivity contribution in [2.75, 3.05) is 13.1 Å². The molecular formula is C7H10N2O. The van der Waals surface area contributed by atoms with Crippen molar-refractivity contribution < 1.29 is 5.06 Å². The molecule has 1 fully saturated rings. The second kappa shape index (κ2) is 2.20. The summed E-state index contributed by atoms with van der Waals surface area (Å²) in [6.07, 6.45) is 5.52. The van der Waals surface area contributed by atoms with Gasteiger partial charge in [0.1, 0.15) is 6.04 Å². The maximum Gasteiger partial charge on any atom is 0.127 e. The molecule has 2 atom stereocenters. The number of quaternary nitrogens is 1. The van der Waals surface area contributed by atoms with E-state index in [4.69, 9.17) is 0 Å². The van der Waals surface area contributed by atoms with Crippen LogP contribution in [0.3, 0.4) is 0 Å². The molecule has 0 aromatic heterocycles. The lowest BCUT2D eigenvalue weighted by molar-refractivity contribution is -0.812. The highest BCUT2D eigenvalue weighted by Gasteiger charge is 2.26. The van der Waals surface area contributed by atoms with Crippen molar-refractivity contribution in [3.05, 3.63) is 29.1 Å². The van der Waals surface area contributed by atoms with E-state index in [-0.39, 0.29) is 11.1 Å². The topological polar surface area (TPSA) is 39.5 Å². The molecule has 2 aliphatic rings. The van der Waals surface area contributed by atoms with Gasteiger partial charge in [-0.25, -0.2) is 0 Å². The van der Waals surface area contributed by atoms with E-state index in [0.29, 0.717) is 0 Å². The van der Waals surface area contributed by atoms with Crippen LogP contribution in [-0.4, -0.2) is 19.1 Å². The predicted molar refractivity (Wildman–Crippen MR) is 38.2 cm³/mol. The summed E-state index contributed by atoms with van der Waals surface area (Å²) < 4.78 is 0. The van der Waals surface area contributed by atoms with E-state index in [9.17, 15) is 5.21 Å². The fourth-order valence-electron chi connectivity index (χ4n) is 1.46. The van der Waals surface area contributed by atoms with Gasteiger partial charge in [0.05, 0.1) is 12.7 Å². The SMILES string of the molecule is [O-][NH+]1C=CC=C2CNCC21. The number of rotatable bonds is 0. The molecule has 0 bridgehead atoms. The number of hydrogen-bond donors (Lipinski definition) is 2. The molecule has 0 spiro atoms.